The van der Waals surface area contributed by atoms with E-state index in [0.717, 1.165) is 25.8 Å². The van der Waals surface area contributed by atoms with Crippen molar-refractivity contribution >= 4 is 5.78 Å². The zero-order valence-electron chi connectivity index (χ0n) is 18.2. The second-order valence-corrected chi connectivity index (χ2v) is 8.17. The lowest BCUT2D eigenvalue weighted by Crippen LogP contribution is -2.49. The van der Waals surface area contributed by atoms with Crippen LogP contribution in [0.5, 0.6) is 0 Å². The highest BCUT2D eigenvalue weighted by molar-refractivity contribution is 5.87. The van der Waals surface area contributed by atoms with Crippen molar-refractivity contribution in [2.75, 3.05) is 13.1 Å². The summed E-state index contributed by atoms with van der Waals surface area (Å²) in [6.07, 6.45) is 20.0. The molecule has 0 radical (unpaired) electrons. The van der Waals surface area contributed by atoms with Gasteiger partial charge in [0, 0.05) is 6.42 Å². The molecule has 0 aromatic carbocycles. The molecule has 0 amide bonds. The molecular weight excluding hydrogens is 320 g/mol. The van der Waals surface area contributed by atoms with Gasteiger partial charge in [0.25, 0.3) is 0 Å². The minimum atomic E-state index is -0.370. The topological polar surface area (TPSA) is 55.1 Å². The molecule has 1 unspecified atom stereocenters. The molecule has 0 aliphatic carbocycles. The molecule has 156 valence electrons. The molecule has 0 saturated carbocycles. The molecule has 1 atom stereocenters. The Labute approximate surface area is 164 Å². The average Bonchev–Trinajstić information content (AvgIpc) is 2.63. The average molecular weight is 369 g/mol. The number of hydrogen-bond donors (Lipinski definition) is 2. The summed E-state index contributed by atoms with van der Waals surface area (Å²) in [5.74, 6) is 0.371. The fourth-order valence-electron chi connectivity index (χ4n) is 3.75. The molecule has 0 aliphatic heterocycles. The molecule has 0 rings (SSSR count). The van der Waals surface area contributed by atoms with Crippen molar-refractivity contribution in [3.05, 3.63) is 0 Å². The fraction of sp³-hybridized carbons (Fsp3) is 0.957. The molecule has 0 spiro atoms. The van der Waals surface area contributed by atoms with Crippen molar-refractivity contribution in [2.24, 2.45) is 5.73 Å². The van der Waals surface area contributed by atoms with Gasteiger partial charge in [-0.1, -0.05) is 90.9 Å². The second-order valence-electron chi connectivity index (χ2n) is 8.17. The molecule has 0 aromatic heterocycles. The molecule has 3 heteroatoms. The van der Waals surface area contributed by atoms with Crippen LogP contribution in [-0.4, -0.2) is 24.4 Å². The van der Waals surface area contributed by atoms with Crippen molar-refractivity contribution in [1.29, 1.82) is 0 Å². The largest absolute Gasteiger partial charge is 0.330 e. The van der Waals surface area contributed by atoms with Gasteiger partial charge >= 0.3 is 0 Å². The van der Waals surface area contributed by atoms with E-state index in [1.165, 1.54) is 77.0 Å². The first kappa shape index (κ1) is 25.6. The predicted molar refractivity (Wildman–Crippen MR) is 116 cm³/mol. The van der Waals surface area contributed by atoms with E-state index in [9.17, 15) is 4.79 Å². The zero-order chi connectivity index (χ0) is 19.5. The minimum absolute atomic E-state index is 0.370. The summed E-state index contributed by atoms with van der Waals surface area (Å²) >= 11 is 0. The normalized spacial score (nSPS) is 13.7. The molecule has 0 aromatic rings. The summed E-state index contributed by atoms with van der Waals surface area (Å²) in [7, 11) is 0. The maximum Gasteiger partial charge on any atom is 0.152 e. The smallest absolute Gasteiger partial charge is 0.152 e. The third-order valence-electron chi connectivity index (χ3n) is 5.57. The van der Waals surface area contributed by atoms with E-state index < -0.39 is 0 Å². The Morgan fingerprint density at radius 1 is 0.769 bits per heavy atom. The van der Waals surface area contributed by atoms with E-state index in [-0.39, 0.29) is 5.54 Å². The van der Waals surface area contributed by atoms with Crippen molar-refractivity contribution in [2.45, 2.75) is 129 Å². The maximum atomic E-state index is 12.6. The van der Waals surface area contributed by atoms with Gasteiger partial charge < -0.3 is 11.1 Å². The van der Waals surface area contributed by atoms with Crippen molar-refractivity contribution in [3.63, 3.8) is 0 Å². The quantitative estimate of drug-likeness (QED) is 0.254. The lowest BCUT2D eigenvalue weighted by molar-refractivity contribution is -0.125. The first-order valence-corrected chi connectivity index (χ1v) is 11.6. The van der Waals surface area contributed by atoms with Crippen LogP contribution in [0.25, 0.3) is 0 Å². The maximum absolute atomic E-state index is 12.6. The van der Waals surface area contributed by atoms with Crippen LogP contribution < -0.4 is 11.1 Å². The number of Topliss-reactive ketones (excluding diaryl/α,β-unsaturated/α-hetero) is 1. The summed E-state index contributed by atoms with van der Waals surface area (Å²) in [6, 6.07) is 0. The Kier molecular flexibility index (Phi) is 17.7. The molecule has 26 heavy (non-hydrogen) atoms. The zero-order valence-corrected chi connectivity index (χ0v) is 18.2. The lowest BCUT2D eigenvalue weighted by atomic mass is 9.87. The number of nitrogens with one attached hydrogen (secondary N) is 1. The number of rotatable bonds is 20. The van der Waals surface area contributed by atoms with Gasteiger partial charge in [-0.2, -0.15) is 0 Å². The summed E-state index contributed by atoms with van der Waals surface area (Å²) in [4.78, 5) is 12.6. The third kappa shape index (κ3) is 13.7. The molecule has 0 fully saturated rings. The van der Waals surface area contributed by atoms with Crippen LogP contribution in [0.1, 0.15) is 124 Å². The molecule has 0 heterocycles. The van der Waals surface area contributed by atoms with Gasteiger partial charge in [-0.05, 0) is 39.3 Å². The van der Waals surface area contributed by atoms with Crippen molar-refractivity contribution in [1.82, 2.24) is 5.32 Å². The summed E-state index contributed by atoms with van der Waals surface area (Å²) < 4.78 is 0. The highest BCUT2D eigenvalue weighted by atomic mass is 16.1. The minimum Gasteiger partial charge on any atom is -0.330 e. The molecule has 3 N–H and O–H groups in total. The van der Waals surface area contributed by atoms with Crippen LogP contribution >= 0.6 is 0 Å². The number of ketones is 1. The molecule has 0 aliphatic rings. The number of likely N-dealkylation sites (N-methyl/N-ethyl adjacent to an activating group) is 1. The van der Waals surface area contributed by atoms with Crippen LogP contribution in [-0.2, 0) is 4.79 Å². The Bertz CT molecular complexity index is 319. The SMILES string of the molecule is CCCCCCCCCCCCCCCC(=O)C(C)(CCCN)NCC. The van der Waals surface area contributed by atoms with Crippen LogP contribution in [0.2, 0.25) is 0 Å². The van der Waals surface area contributed by atoms with Gasteiger partial charge in [0.2, 0.25) is 0 Å². The van der Waals surface area contributed by atoms with Crippen LogP contribution in [0.3, 0.4) is 0 Å². The van der Waals surface area contributed by atoms with E-state index >= 15 is 0 Å². The van der Waals surface area contributed by atoms with Gasteiger partial charge in [-0.15, -0.1) is 0 Å². The van der Waals surface area contributed by atoms with E-state index in [4.69, 9.17) is 5.73 Å². The van der Waals surface area contributed by atoms with E-state index in [1.807, 2.05) is 0 Å². The van der Waals surface area contributed by atoms with Gasteiger partial charge in [-0.3, -0.25) is 4.79 Å². The monoisotopic (exact) mass is 368 g/mol. The lowest BCUT2D eigenvalue weighted by Gasteiger charge is -2.29. The molecular formula is C23H48N2O. The van der Waals surface area contributed by atoms with E-state index in [2.05, 4.69) is 26.1 Å². The Balaban J connectivity index is 3.56. The van der Waals surface area contributed by atoms with Gasteiger partial charge in [-0.25, -0.2) is 0 Å². The van der Waals surface area contributed by atoms with Gasteiger partial charge in [0.05, 0.1) is 5.54 Å². The predicted octanol–water partition coefficient (Wildman–Crippen LogP) is 6.14. The number of nitrogens with two attached hydrogens (primary N) is 1. The van der Waals surface area contributed by atoms with Crippen LogP contribution in [0, 0.1) is 0 Å². The Hall–Kier alpha value is -0.410. The number of unbranched alkanes of at least 4 members (excludes halogenated alkanes) is 12. The van der Waals surface area contributed by atoms with Gasteiger partial charge in [0.15, 0.2) is 5.78 Å². The van der Waals surface area contributed by atoms with Gasteiger partial charge in [0.1, 0.15) is 0 Å². The Morgan fingerprint density at radius 2 is 1.23 bits per heavy atom. The molecule has 0 saturated heterocycles. The molecule has 0 bridgehead atoms. The first-order chi connectivity index (χ1) is 12.6. The number of carbonyl (C=O) groups excluding carboxylic acids is 1. The van der Waals surface area contributed by atoms with E-state index in [0.29, 0.717) is 18.7 Å². The molecule has 3 nitrogen and oxygen atoms in total. The van der Waals surface area contributed by atoms with Crippen molar-refractivity contribution in [3.8, 4) is 0 Å². The number of hydrogen-bond acceptors (Lipinski definition) is 3. The third-order valence-corrected chi connectivity index (χ3v) is 5.57. The Morgan fingerprint density at radius 3 is 1.65 bits per heavy atom. The second kappa shape index (κ2) is 18.0. The highest BCUT2D eigenvalue weighted by Gasteiger charge is 2.30. The summed E-state index contributed by atoms with van der Waals surface area (Å²) in [6.45, 7) is 7.90. The summed E-state index contributed by atoms with van der Waals surface area (Å²) in [5.41, 5.74) is 5.25. The van der Waals surface area contributed by atoms with E-state index in [1.54, 1.807) is 0 Å². The first-order valence-electron chi connectivity index (χ1n) is 11.6. The summed E-state index contributed by atoms with van der Waals surface area (Å²) in [5, 5.41) is 3.39. The standard InChI is InChI=1S/C23H48N2O/c1-4-6-7-8-9-10-11-12-13-14-15-16-17-19-22(26)23(3,25-5-2)20-18-21-24/h25H,4-21,24H2,1-3H3. The fourth-order valence-corrected chi connectivity index (χ4v) is 3.75. The number of carbonyl (C=O) groups is 1. The highest BCUT2D eigenvalue weighted by Crippen LogP contribution is 2.18. The van der Waals surface area contributed by atoms with Crippen LogP contribution in [0.4, 0.5) is 0 Å². The van der Waals surface area contributed by atoms with Crippen LogP contribution in [0.15, 0.2) is 0 Å². The van der Waals surface area contributed by atoms with Crippen molar-refractivity contribution < 1.29 is 4.79 Å².